The zero-order valence-corrected chi connectivity index (χ0v) is 8.49. The van der Waals surface area contributed by atoms with Crippen molar-refractivity contribution < 1.29 is 19.1 Å². The Morgan fingerprint density at radius 2 is 2.07 bits per heavy atom. The van der Waals surface area contributed by atoms with Crippen LogP contribution < -0.4 is 0 Å². The van der Waals surface area contributed by atoms with Gasteiger partial charge < -0.3 is 14.4 Å². The van der Waals surface area contributed by atoms with Crippen molar-refractivity contribution in [2.45, 2.75) is 19.8 Å². The third-order valence-corrected chi connectivity index (χ3v) is 1.61. The van der Waals surface area contributed by atoms with Crippen LogP contribution in [0.1, 0.15) is 19.8 Å². The van der Waals surface area contributed by atoms with E-state index in [-0.39, 0.29) is 25.4 Å². The Bertz CT molecular complexity index is 215. The minimum absolute atomic E-state index is 0.261. The summed E-state index contributed by atoms with van der Waals surface area (Å²) in [6, 6.07) is 0. The Morgan fingerprint density at radius 3 is 2.57 bits per heavy atom. The number of esters is 1. The Labute approximate surface area is 83.0 Å². The van der Waals surface area contributed by atoms with Crippen molar-refractivity contribution in [1.29, 1.82) is 0 Å². The zero-order valence-electron chi connectivity index (χ0n) is 8.49. The largest absolute Gasteiger partial charge is 0.466 e. The third kappa shape index (κ3) is 5.29. The van der Waals surface area contributed by atoms with Gasteiger partial charge in [0.05, 0.1) is 6.61 Å². The molecule has 0 aliphatic heterocycles. The van der Waals surface area contributed by atoms with E-state index in [2.05, 4.69) is 4.74 Å². The number of nitrogens with zero attached hydrogens (tertiary/aromatic N) is 1. The van der Waals surface area contributed by atoms with Gasteiger partial charge in [-0.05, 0) is 6.92 Å². The van der Waals surface area contributed by atoms with Crippen LogP contribution in [0.2, 0.25) is 0 Å². The van der Waals surface area contributed by atoms with Crippen molar-refractivity contribution in [3.05, 3.63) is 0 Å². The smallest absolute Gasteiger partial charge is 0.315 e. The number of ether oxygens (including phenoxy) is 1. The highest BCUT2D eigenvalue weighted by atomic mass is 16.5. The molecule has 0 rings (SSSR count). The summed E-state index contributed by atoms with van der Waals surface area (Å²) in [7, 11) is 1.55. The zero-order chi connectivity index (χ0) is 11.0. The summed E-state index contributed by atoms with van der Waals surface area (Å²) in [5.74, 6) is -0.860. The fraction of sp³-hybridized carbons (Fsp3) is 0.667. The molecule has 0 saturated heterocycles. The molecule has 14 heavy (non-hydrogen) atoms. The fourth-order valence-corrected chi connectivity index (χ4v) is 0.842. The van der Waals surface area contributed by atoms with E-state index in [1.54, 1.807) is 14.0 Å². The Hall–Kier alpha value is -1.39. The average Bonchev–Trinajstić information content (AvgIpc) is 2.14. The van der Waals surface area contributed by atoms with E-state index in [0.717, 1.165) is 6.29 Å². The van der Waals surface area contributed by atoms with Crippen LogP contribution in [0, 0.1) is 0 Å². The molecule has 0 unspecified atom stereocenters. The number of carbonyl (C=O) groups excluding carboxylic acids is 3. The van der Waals surface area contributed by atoms with E-state index >= 15 is 0 Å². The van der Waals surface area contributed by atoms with Crippen LogP contribution in [0.5, 0.6) is 0 Å². The molecule has 0 aliphatic carbocycles. The molecule has 0 heterocycles. The number of aldehydes is 1. The number of carbonyl (C=O) groups is 3. The van der Waals surface area contributed by atoms with Crippen LogP contribution in [-0.4, -0.2) is 43.3 Å². The number of hydrogen-bond acceptors (Lipinski definition) is 4. The van der Waals surface area contributed by atoms with Crippen molar-refractivity contribution in [2.75, 3.05) is 20.2 Å². The minimum atomic E-state index is -0.532. The van der Waals surface area contributed by atoms with Gasteiger partial charge in [-0.25, -0.2) is 0 Å². The van der Waals surface area contributed by atoms with E-state index in [9.17, 15) is 14.4 Å². The molecule has 1 amide bonds. The monoisotopic (exact) mass is 201 g/mol. The molecule has 0 aromatic rings. The SMILES string of the molecule is CCOC(=O)CC(=O)N(C)CCC=O. The first-order valence-electron chi connectivity index (χ1n) is 4.45. The lowest BCUT2D eigenvalue weighted by Gasteiger charge is -2.14. The quantitative estimate of drug-likeness (QED) is 0.344. The lowest BCUT2D eigenvalue weighted by molar-refractivity contribution is -0.148. The molecule has 0 aromatic carbocycles. The van der Waals surface area contributed by atoms with Gasteiger partial charge in [-0.1, -0.05) is 0 Å². The molecule has 80 valence electrons. The second-order valence-electron chi connectivity index (χ2n) is 2.75. The Balaban J connectivity index is 3.82. The van der Waals surface area contributed by atoms with Gasteiger partial charge in [0.25, 0.3) is 0 Å². The van der Waals surface area contributed by atoms with Crippen LogP contribution in [0.4, 0.5) is 0 Å². The van der Waals surface area contributed by atoms with E-state index in [1.807, 2.05) is 0 Å². The van der Waals surface area contributed by atoms with E-state index in [4.69, 9.17) is 0 Å². The van der Waals surface area contributed by atoms with Crippen LogP contribution in [0.15, 0.2) is 0 Å². The average molecular weight is 201 g/mol. The lowest BCUT2D eigenvalue weighted by atomic mass is 10.3. The lowest BCUT2D eigenvalue weighted by Crippen LogP contribution is -2.30. The first-order valence-corrected chi connectivity index (χ1v) is 4.45. The van der Waals surface area contributed by atoms with E-state index in [1.165, 1.54) is 4.90 Å². The summed E-state index contributed by atoms with van der Waals surface area (Å²) in [5.41, 5.74) is 0. The fourth-order valence-electron chi connectivity index (χ4n) is 0.842. The number of amides is 1. The normalized spacial score (nSPS) is 9.29. The third-order valence-electron chi connectivity index (χ3n) is 1.61. The number of hydrogen-bond donors (Lipinski definition) is 0. The molecular weight excluding hydrogens is 186 g/mol. The summed E-state index contributed by atoms with van der Waals surface area (Å²) in [6.07, 6.45) is 0.752. The maximum absolute atomic E-state index is 11.2. The second-order valence-corrected chi connectivity index (χ2v) is 2.75. The highest BCUT2D eigenvalue weighted by Gasteiger charge is 2.13. The van der Waals surface area contributed by atoms with E-state index < -0.39 is 5.97 Å². The van der Waals surface area contributed by atoms with Crippen molar-refractivity contribution in [3.63, 3.8) is 0 Å². The predicted molar refractivity (Wildman–Crippen MR) is 49.6 cm³/mol. The first kappa shape index (κ1) is 12.6. The van der Waals surface area contributed by atoms with Gasteiger partial charge in [0.1, 0.15) is 12.7 Å². The van der Waals surface area contributed by atoms with Gasteiger partial charge in [-0.3, -0.25) is 9.59 Å². The first-order chi connectivity index (χ1) is 6.61. The molecule has 0 bridgehead atoms. The van der Waals surface area contributed by atoms with Gasteiger partial charge in [0.2, 0.25) is 5.91 Å². The summed E-state index contributed by atoms with van der Waals surface area (Å²) < 4.78 is 4.61. The van der Waals surface area contributed by atoms with E-state index in [0.29, 0.717) is 6.54 Å². The summed E-state index contributed by atoms with van der Waals surface area (Å²) in [5, 5.41) is 0. The topological polar surface area (TPSA) is 63.7 Å². The highest BCUT2D eigenvalue weighted by molar-refractivity contribution is 5.94. The van der Waals surface area contributed by atoms with Crippen LogP contribution in [-0.2, 0) is 19.1 Å². The van der Waals surface area contributed by atoms with Crippen molar-refractivity contribution in [3.8, 4) is 0 Å². The molecular formula is C9H15NO4. The number of rotatable bonds is 6. The highest BCUT2D eigenvalue weighted by Crippen LogP contribution is 1.94. The van der Waals surface area contributed by atoms with Gasteiger partial charge in [-0.15, -0.1) is 0 Å². The molecule has 0 atom stereocenters. The summed E-state index contributed by atoms with van der Waals surface area (Å²) >= 11 is 0. The second kappa shape index (κ2) is 7.06. The molecule has 0 aliphatic rings. The standard InChI is InChI=1S/C9H15NO4/c1-3-14-9(13)7-8(12)10(2)5-4-6-11/h6H,3-5,7H2,1-2H3. The molecule has 5 heteroatoms. The van der Waals surface area contributed by atoms with Gasteiger partial charge in [0, 0.05) is 20.0 Å². The van der Waals surface area contributed by atoms with Gasteiger partial charge in [-0.2, -0.15) is 0 Å². The van der Waals surface area contributed by atoms with Gasteiger partial charge in [0.15, 0.2) is 0 Å². The van der Waals surface area contributed by atoms with Crippen LogP contribution >= 0.6 is 0 Å². The van der Waals surface area contributed by atoms with Crippen molar-refractivity contribution >= 4 is 18.2 Å². The molecule has 0 saturated carbocycles. The van der Waals surface area contributed by atoms with Gasteiger partial charge >= 0.3 is 5.97 Å². The summed E-state index contributed by atoms with van der Waals surface area (Å²) in [6.45, 7) is 2.28. The maximum Gasteiger partial charge on any atom is 0.315 e. The molecule has 0 radical (unpaired) electrons. The molecule has 0 N–H and O–H groups in total. The Kier molecular flexibility index (Phi) is 6.36. The molecule has 0 fully saturated rings. The molecule has 5 nitrogen and oxygen atoms in total. The van der Waals surface area contributed by atoms with Crippen LogP contribution in [0.25, 0.3) is 0 Å². The maximum atomic E-state index is 11.2. The predicted octanol–water partition coefficient (Wildman–Crippen LogP) is -0.0130. The Morgan fingerprint density at radius 1 is 1.43 bits per heavy atom. The van der Waals surface area contributed by atoms with Crippen LogP contribution in [0.3, 0.4) is 0 Å². The van der Waals surface area contributed by atoms with Crippen molar-refractivity contribution in [1.82, 2.24) is 4.90 Å². The molecule has 0 spiro atoms. The molecule has 0 aromatic heterocycles. The minimum Gasteiger partial charge on any atom is -0.466 e. The van der Waals surface area contributed by atoms with Crippen molar-refractivity contribution in [2.24, 2.45) is 0 Å². The summed E-state index contributed by atoms with van der Waals surface area (Å²) in [4.78, 5) is 33.5.